The maximum Gasteiger partial charge on any atom is 0.225 e. The summed E-state index contributed by atoms with van der Waals surface area (Å²) in [4.78, 5) is 7.93. The SMILES string of the molecule is Cc1cc(OC2CCOC2)nc(Cl)n1. The molecule has 0 radical (unpaired) electrons. The molecule has 2 rings (SSSR count). The topological polar surface area (TPSA) is 44.2 Å². The third kappa shape index (κ3) is 2.33. The van der Waals surface area contributed by atoms with Crippen molar-refractivity contribution in [3.63, 3.8) is 0 Å². The zero-order valence-electron chi connectivity index (χ0n) is 7.86. The molecule has 1 atom stereocenters. The number of ether oxygens (including phenoxy) is 2. The van der Waals surface area contributed by atoms with Gasteiger partial charge in [-0.3, -0.25) is 0 Å². The summed E-state index contributed by atoms with van der Waals surface area (Å²) < 4.78 is 10.8. The zero-order valence-corrected chi connectivity index (χ0v) is 8.62. The Labute approximate surface area is 87.2 Å². The normalized spacial score (nSPS) is 21.1. The monoisotopic (exact) mass is 214 g/mol. The van der Waals surface area contributed by atoms with E-state index in [1.54, 1.807) is 6.07 Å². The van der Waals surface area contributed by atoms with Crippen LogP contribution in [0.3, 0.4) is 0 Å². The number of hydrogen-bond acceptors (Lipinski definition) is 4. The molecule has 76 valence electrons. The van der Waals surface area contributed by atoms with E-state index in [0.29, 0.717) is 12.5 Å². The highest BCUT2D eigenvalue weighted by Crippen LogP contribution is 2.16. The largest absolute Gasteiger partial charge is 0.472 e. The van der Waals surface area contributed by atoms with Crippen molar-refractivity contribution in [2.45, 2.75) is 19.4 Å². The Kier molecular flexibility index (Phi) is 2.84. The first-order valence-corrected chi connectivity index (χ1v) is 4.87. The number of rotatable bonds is 2. The quantitative estimate of drug-likeness (QED) is 0.702. The van der Waals surface area contributed by atoms with Crippen molar-refractivity contribution in [3.8, 4) is 5.88 Å². The lowest BCUT2D eigenvalue weighted by Crippen LogP contribution is -2.16. The van der Waals surface area contributed by atoms with Gasteiger partial charge >= 0.3 is 0 Å². The molecule has 14 heavy (non-hydrogen) atoms. The molecule has 5 heteroatoms. The molecular weight excluding hydrogens is 204 g/mol. The van der Waals surface area contributed by atoms with E-state index in [4.69, 9.17) is 21.1 Å². The fraction of sp³-hybridized carbons (Fsp3) is 0.556. The van der Waals surface area contributed by atoms with Gasteiger partial charge in [-0.25, -0.2) is 4.98 Å². The second-order valence-corrected chi connectivity index (χ2v) is 3.56. The Morgan fingerprint density at radius 3 is 3.07 bits per heavy atom. The predicted molar refractivity (Wildman–Crippen MR) is 51.6 cm³/mol. The molecule has 0 amide bonds. The fourth-order valence-electron chi connectivity index (χ4n) is 1.34. The van der Waals surface area contributed by atoms with E-state index in [-0.39, 0.29) is 11.4 Å². The van der Waals surface area contributed by atoms with E-state index in [1.807, 2.05) is 6.92 Å². The van der Waals surface area contributed by atoms with E-state index in [1.165, 1.54) is 0 Å². The Hall–Kier alpha value is -0.870. The molecule has 1 aromatic heterocycles. The van der Waals surface area contributed by atoms with Crippen molar-refractivity contribution in [1.82, 2.24) is 9.97 Å². The second-order valence-electron chi connectivity index (χ2n) is 3.22. The molecule has 1 aliphatic heterocycles. The molecule has 1 aliphatic rings. The van der Waals surface area contributed by atoms with Crippen LogP contribution in [0.15, 0.2) is 6.07 Å². The molecule has 0 spiro atoms. The first kappa shape index (κ1) is 9.68. The third-order valence-electron chi connectivity index (χ3n) is 1.98. The van der Waals surface area contributed by atoms with Crippen LogP contribution >= 0.6 is 11.6 Å². The zero-order chi connectivity index (χ0) is 9.97. The van der Waals surface area contributed by atoms with Crippen LogP contribution in [-0.4, -0.2) is 29.3 Å². The van der Waals surface area contributed by atoms with Gasteiger partial charge in [0.25, 0.3) is 0 Å². The molecule has 0 bridgehead atoms. The summed E-state index contributed by atoms with van der Waals surface area (Å²) in [6.45, 7) is 3.23. The number of hydrogen-bond donors (Lipinski definition) is 0. The van der Waals surface area contributed by atoms with Gasteiger partial charge in [0, 0.05) is 18.2 Å². The standard InChI is InChI=1S/C9H11ClN2O2/c1-6-4-8(12-9(10)11-6)14-7-2-3-13-5-7/h4,7H,2-3,5H2,1H3. The first-order chi connectivity index (χ1) is 6.74. The van der Waals surface area contributed by atoms with Crippen LogP contribution in [0.5, 0.6) is 5.88 Å². The Morgan fingerprint density at radius 2 is 2.43 bits per heavy atom. The minimum Gasteiger partial charge on any atom is -0.472 e. The summed E-state index contributed by atoms with van der Waals surface area (Å²) in [5, 5.41) is 0.221. The number of nitrogens with zero attached hydrogens (tertiary/aromatic N) is 2. The van der Waals surface area contributed by atoms with Crippen LogP contribution in [-0.2, 0) is 4.74 Å². The third-order valence-corrected chi connectivity index (χ3v) is 2.15. The molecule has 0 N–H and O–H groups in total. The van der Waals surface area contributed by atoms with Gasteiger partial charge in [-0.05, 0) is 18.5 Å². The van der Waals surface area contributed by atoms with Crippen molar-refractivity contribution in [1.29, 1.82) is 0 Å². The van der Waals surface area contributed by atoms with Gasteiger partial charge < -0.3 is 9.47 Å². The van der Waals surface area contributed by atoms with E-state index in [9.17, 15) is 0 Å². The van der Waals surface area contributed by atoms with Gasteiger partial charge in [0.15, 0.2) is 0 Å². The van der Waals surface area contributed by atoms with Crippen LogP contribution in [0.25, 0.3) is 0 Å². The van der Waals surface area contributed by atoms with Crippen molar-refractivity contribution >= 4 is 11.6 Å². The molecule has 1 aromatic rings. The maximum absolute atomic E-state index is 5.70. The van der Waals surface area contributed by atoms with E-state index in [0.717, 1.165) is 18.7 Å². The minimum atomic E-state index is 0.0976. The van der Waals surface area contributed by atoms with Crippen LogP contribution in [0.2, 0.25) is 5.28 Å². The number of halogens is 1. The molecule has 0 aromatic carbocycles. The lowest BCUT2D eigenvalue weighted by Gasteiger charge is -2.10. The van der Waals surface area contributed by atoms with E-state index >= 15 is 0 Å². The summed E-state index contributed by atoms with van der Waals surface area (Å²) in [5.74, 6) is 0.526. The molecule has 2 heterocycles. The molecule has 0 aliphatic carbocycles. The summed E-state index contributed by atoms with van der Waals surface area (Å²) in [6, 6.07) is 1.77. The first-order valence-electron chi connectivity index (χ1n) is 4.49. The minimum absolute atomic E-state index is 0.0976. The molecule has 1 fully saturated rings. The number of aryl methyl sites for hydroxylation is 1. The Morgan fingerprint density at radius 1 is 1.57 bits per heavy atom. The van der Waals surface area contributed by atoms with Gasteiger partial charge in [0.1, 0.15) is 6.10 Å². The molecule has 1 saturated heterocycles. The summed E-state index contributed by atoms with van der Waals surface area (Å²) in [5.41, 5.74) is 0.805. The highest BCUT2D eigenvalue weighted by atomic mass is 35.5. The second kappa shape index (κ2) is 4.11. The van der Waals surface area contributed by atoms with Gasteiger partial charge in [0.2, 0.25) is 11.2 Å². The van der Waals surface area contributed by atoms with Crippen molar-refractivity contribution in [3.05, 3.63) is 17.0 Å². The van der Waals surface area contributed by atoms with Gasteiger partial charge in [-0.15, -0.1) is 0 Å². The van der Waals surface area contributed by atoms with Gasteiger partial charge in [-0.1, -0.05) is 0 Å². The van der Waals surface area contributed by atoms with Gasteiger partial charge in [0.05, 0.1) is 13.2 Å². The van der Waals surface area contributed by atoms with Crippen molar-refractivity contribution in [2.75, 3.05) is 13.2 Å². The van der Waals surface area contributed by atoms with Crippen LogP contribution in [0.1, 0.15) is 12.1 Å². The highest BCUT2D eigenvalue weighted by molar-refractivity contribution is 6.28. The molecule has 1 unspecified atom stereocenters. The molecule has 4 nitrogen and oxygen atoms in total. The Balaban J connectivity index is 2.07. The Bertz CT molecular complexity index is 306. The molecule has 0 saturated carbocycles. The summed E-state index contributed by atoms with van der Waals surface area (Å²) in [7, 11) is 0. The van der Waals surface area contributed by atoms with E-state index in [2.05, 4.69) is 9.97 Å². The van der Waals surface area contributed by atoms with Crippen molar-refractivity contribution < 1.29 is 9.47 Å². The fourth-order valence-corrected chi connectivity index (χ4v) is 1.56. The highest BCUT2D eigenvalue weighted by Gasteiger charge is 2.18. The average molecular weight is 215 g/mol. The van der Waals surface area contributed by atoms with Crippen molar-refractivity contribution in [2.24, 2.45) is 0 Å². The molecular formula is C9H11ClN2O2. The van der Waals surface area contributed by atoms with Crippen LogP contribution in [0, 0.1) is 6.92 Å². The lowest BCUT2D eigenvalue weighted by atomic mass is 10.3. The van der Waals surface area contributed by atoms with Gasteiger partial charge in [-0.2, -0.15) is 4.98 Å². The summed E-state index contributed by atoms with van der Waals surface area (Å²) in [6.07, 6.45) is 1.00. The van der Waals surface area contributed by atoms with Crippen LogP contribution in [0.4, 0.5) is 0 Å². The predicted octanol–water partition coefficient (Wildman–Crippen LogP) is 1.61. The summed E-state index contributed by atoms with van der Waals surface area (Å²) >= 11 is 5.70. The van der Waals surface area contributed by atoms with E-state index < -0.39 is 0 Å². The smallest absolute Gasteiger partial charge is 0.225 e. The van der Waals surface area contributed by atoms with Crippen LogP contribution < -0.4 is 4.74 Å². The number of aromatic nitrogens is 2. The average Bonchev–Trinajstić information content (AvgIpc) is 2.54. The maximum atomic E-state index is 5.70. The lowest BCUT2D eigenvalue weighted by molar-refractivity contribution is 0.138.